The van der Waals surface area contributed by atoms with Crippen molar-refractivity contribution in [3.8, 4) is 0 Å². The van der Waals surface area contributed by atoms with Crippen molar-refractivity contribution in [3.05, 3.63) is 54.5 Å². The van der Waals surface area contributed by atoms with Gasteiger partial charge in [-0.15, -0.1) is 0 Å². The van der Waals surface area contributed by atoms with Gasteiger partial charge in [-0.25, -0.2) is 8.42 Å². The van der Waals surface area contributed by atoms with Crippen LogP contribution in [-0.4, -0.2) is 31.7 Å². The molecule has 0 atom stereocenters. The zero-order chi connectivity index (χ0) is 17.6. The van der Waals surface area contributed by atoms with Gasteiger partial charge in [0.25, 0.3) is 0 Å². The number of hydrogen-bond donors (Lipinski definition) is 1. The van der Waals surface area contributed by atoms with Crippen LogP contribution in [-0.2, 0) is 14.8 Å². The fraction of sp³-hybridized carbons (Fsp3) is 0.235. The maximum atomic E-state index is 12.5. The Labute approximate surface area is 141 Å². The summed E-state index contributed by atoms with van der Waals surface area (Å²) >= 11 is 0. The van der Waals surface area contributed by atoms with Crippen LogP contribution in [0.4, 0.5) is 5.69 Å². The normalized spacial score (nSPS) is 12.0. The van der Waals surface area contributed by atoms with E-state index in [2.05, 4.69) is 5.32 Å². The van der Waals surface area contributed by atoms with Crippen LogP contribution in [0.3, 0.4) is 0 Å². The van der Waals surface area contributed by atoms with Crippen LogP contribution in [0.25, 0.3) is 6.08 Å². The van der Waals surface area contributed by atoms with Crippen LogP contribution in [0.1, 0.15) is 19.6 Å². The van der Waals surface area contributed by atoms with E-state index in [0.29, 0.717) is 24.5 Å². The Bertz CT molecular complexity index is 807. The van der Waals surface area contributed by atoms with Gasteiger partial charge in [-0.3, -0.25) is 4.79 Å². The Morgan fingerprint density at radius 2 is 1.96 bits per heavy atom. The van der Waals surface area contributed by atoms with Gasteiger partial charge in [0, 0.05) is 24.9 Å². The van der Waals surface area contributed by atoms with Gasteiger partial charge in [0.05, 0.1) is 11.2 Å². The standard InChI is InChI=1S/C17H20N2O4S/c1-3-19(4-2)24(21,22)16-9-5-7-14(13-16)18-17(20)11-10-15-8-6-12-23-15/h5-13H,3-4H2,1-2H3,(H,18,20). The maximum Gasteiger partial charge on any atom is 0.248 e. The molecule has 7 heteroatoms. The fourth-order valence-corrected chi connectivity index (χ4v) is 3.68. The molecule has 0 saturated carbocycles. The molecular weight excluding hydrogens is 328 g/mol. The number of amides is 1. The zero-order valence-electron chi connectivity index (χ0n) is 13.6. The van der Waals surface area contributed by atoms with E-state index in [1.807, 2.05) is 0 Å². The molecule has 0 unspecified atom stereocenters. The Morgan fingerprint density at radius 3 is 2.58 bits per heavy atom. The fourth-order valence-electron chi connectivity index (χ4n) is 2.17. The summed E-state index contributed by atoms with van der Waals surface area (Å²) in [6, 6.07) is 9.65. The van der Waals surface area contributed by atoms with E-state index in [4.69, 9.17) is 4.42 Å². The summed E-state index contributed by atoms with van der Waals surface area (Å²) in [4.78, 5) is 12.1. The molecular formula is C17H20N2O4S. The summed E-state index contributed by atoms with van der Waals surface area (Å²) in [5.74, 6) is 0.187. The van der Waals surface area contributed by atoms with Gasteiger partial charge in [-0.2, -0.15) is 4.31 Å². The largest absolute Gasteiger partial charge is 0.465 e. The van der Waals surface area contributed by atoms with E-state index in [0.717, 1.165) is 0 Å². The van der Waals surface area contributed by atoms with Gasteiger partial charge in [-0.05, 0) is 36.4 Å². The molecule has 1 heterocycles. The van der Waals surface area contributed by atoms with E-state index in [1.54, 1.807) is 38.1 Å². The van der Waals surface area contributed by atoms with Crippen LogP contribution in [0, 0.1) is 0 Å². The number of nitrogens with one attached hydrogen (secondary N) is 1. The van der Waals surface area contributed by atoms with Crippen molar-refractivity contribution in [2.24, 2.45) is 0 Å². The molecule has 0 aliphatic carbocycles. The highest BCUT2D eigenvalue weighted by molar-refractivity contribution is 7.89. The van der Waals surface area contributed by atoms with E-state index in [1.165, 1.54) is 34.9 Å². The summed E-state index contributed by atoms with van der Waals surface area (Å²) < 4.78 is 31.5. The molecule has 0 saturated heterocycles. The van der Waals surface area contributed by atoms with E-state index in [9.17, 15) is 13.2 Å². The first-order chi connectivity index (χ1) is 11.5. The third kappa shape index (κ3) is 4.33. The molecule has 0 spiro atoms. The van der Waals surface area contributed by atoms with Gasteiger partial charge < -0.3 is 9.73 Å². The monoisotopic (exact) mass is 348 g/mol. The number of furan rings is 1. The van der Waals surface area contributed by atoms with Gasteiger partial charge >= 0.3 is 0 Å². The quantitative estimate of drug-likeness (QED) is 0.780. The maximum absolute atomic E-state index is 12.5. The second-order valence-corrected chi connectivity index (χ2v) is 6.89. The minimum absolute atomic E-state index is 0.152. The van der Waals surface area contributed by atoms with Crippen molar-refractivity contribution in [1.82, 2.24) is 4.31 Å². The van der Waals surface area contributed by atoms with Gasteiger partial charge in [0.15, 0.2) is 0 Å². The smallest absolute Gasteiger partial charge is 0.248 e. The van der Waals surface area contributed by atoms with Crippen LogP contribution >= 0.6 is 0 Å². The third-order valence-corrected chi connectivity index (χ3v) is 5.43. The minimum Gasteiger partial charge on any atom is -0.465 e. The Morgan fingerprint density at radius 1 is 1.21 bits per heavy atom. The van der Waals surface area contributed by atoms with Crippen LogP contribution in [0.15, 0.2) is 58.1 Å². The molecule has 0 radical (unpaired) electrons. The number of rotatable bonds is 7. The van der Waals surface area contributed by atoms with E-state index in [-0.39, 0.29) is 10.8 Å². The molecule has 1 aromatic heterocycles. The molecule has 2 aromatic rings. The van der Waals surface area contributed by atoms with Gasteiger partial charge in [0.1, 0.15) is 5.76 Å². The third-order valence-electron chi connectivity index (χ3n) is 3.39. The van der Waals surface area contributed by atoms with E-state index < -0.39 is 10.0 Å². The van der Waals surface area contributed by atoms with Crippen LogP contribution in [0.5, 0.6) is 0 Å². The topological polar surface area (TPSA) is 79.6 Å². The second-order valence-electron chi connectivity index (χ2n) is 4.96. The molecule has 0 aliphatic heterocycles. The van der Waals surface area contributed by atoms with Crippen molar-refractivity contribution < 1.29 is 17.6 Å². The molecule has 0 bridgehead atoms. The zero-order valence-corrected chi connectivity index (χ0v) is 14.4. The van der Waals surface area contributed by atoms with Crippen molar-refractivity contribution in [2.75, 3.05) is 18.4 Å². The summed E-state index contributed by atoms with van der Waals surface area (Å²) in [6.07, 6.45) is 4.37. The van der Waals surface area contributed by atoms with Crippen LogP contribution in [0.2, 0.25) is 0 Å². The first-order valence-electron chi connectivity index (χ1n) is 7.60. The molecule has 0 aliphatic rings. The van der Waals surface area contributed by atoms with Gasteiger partial charge in [-0.1, -0.05) is 19.9 Å². The summed E-state index contributed by atoms with van der Waals surface area (Å²) in [6.45, 7) is 4.35. The number of sulfonamides is 1. The molecule has 1 aromatic carbocycles. The van der Waals surface area contributed by atoms with Crippen molar-refractivity contribution in [2.45, 2.75) is 18.7 Å². The highest BCUT2D eigenvalue weighted by Crippen LogP contribution is 2.19. The summed E-state index contributed by atoms with van der Waals surface area (Å²) in [5, 5.41) is 2.64. The lowest BCUT2D eigenvalue weighted by molar-refractivity contribution is -0.111. The average Bonchev–Trinajstić information content (AvgIpc) is 3.07. The lowest BCUT2D eigenvalue weighted by atomic mass is 10.3. The van der Waals surface area contributed by atoms with Crippen molar-refractivity contribution >= 4 is 27.7 Å². The highest BCUT2D eigenvalue weighted by Gasteiger charge is 2.21. The Hall–Kier alpha value is -2.38. The van der Waals surface area contributed by atoms with E-state index >= 15 is 0 Å². The summed E-state index contributed by atoms with van der Waals surface area (Å²) in [5.41, 5.74) is 0.414. The Balaban J connectivity index is 2.14. The number of benzene rings is 1. The minimum atomic E-state index is -3.56. The summed E-state index contributed by atoms with van der Waals surface area (Å²) in [7, 11) is -3.56. The first-order valence-corrected chi connectivity index (χ1v) is 9.04. The van der Waals surface area contributed by atoms with Crippen molar-refractivity contribution in [3.63, 3.8) is 0 Å². The molecule has 6 nitrogen and oxygen atoms in total. The molecule has 24 heavy (non-hydrogen) atoms. The number of anilines is 1. The highest BCUT2D eigenvalue weighted by atomic mass is 32.2. The average molecular weight is 348 g/mol. The Kier molecular flexibility index (Phi) is 5.94. The predicted octanol–water partition coefficient (Wildman–Crippen LogP) is 2.96. The predicted molar refractivity (Wildman–Crippen MR) is 92.9 cm³/mol. The molecule has 2 rings (SSSR count). The van der Waals surface area contributed by atoms with Crippen LogP contribution < -0.4 is 5.32 Å². The SMILES string of the molecule is CCN(CC)S(=O)(=O)c1cccc(NC(=O)C=Cc2ccco2)c1. The molecule has 1 amide bonds. The molecule has 1 N–H and O–H groups in total. The first kappa shape index (κ1) is 18.0. The lowest BCUT2D eigenvalue weighted by Crippen LogP contribution is -2.30. The number of hydrogen-bond acceptors (Lipinski definition) is 4. The molecule has 128 valence electrons. The lowest BCUT2D eigenvalue weighted by Gasteiger charge is -2.18. The molecule has 0 fully saturated rings. The second kappa shape index (κ2) is 7.94. The number of carbonyl (C=O) groups is 1. The van der Waals surface area contributed by atoms with Gasteiger partial charge in [0.2, 0.25) is 15.9 Å². The van der Waals surface area contributed by atoms with Crippen molar-refractivity contribution in [1.29, 1.82) is 0 Å². The number of nitrogens with zero attached hydrogens (tertiary/aromatic N) is 1. The number of carbonyl (C=O) groups excluding carboxylic acids is 1.